The number of benzene rings is 1. The number of hydrogen-bond acceptors (Lipinski definition) is 2. The molecule has 1 rings (SSSR count). The van der Waals surface area contributed by atoms with Gasteiger partial charge in [0.15, 0.2) is 0 Å². The number of nitrogens with two attached hydrogens (primary N) is 1. The molecule has 1 unspecified atom stereocenters. The van der Waals surface area contributed by atoms with Gasteiger partial charge in [-0.05, 0) is 19.1 Å². The fraction of sp³-hybridized carbons (Fsp3) is 0.300. The largest absolute Gasteiger partial charge is 0.350 e. The first kappa shape index (κ1) is 11.0. The molecule has 1 aromatic carbocycles. The fourth-order valence-corrected chi connectivity index (χ4v) is 1.22. The molecule has 4 heteroatoms. The number of hydrogen-bond donors (Lipinski definition) is 2. The molecule has 1 atom stereocenters. The van der Waals surface area contributed by atoms with Gasteiger partial charge in [-0.15, -0.1) is 0 Å². The highest BCUT2D eigenvalue weighted by atomic mass is 35.5. The molecule has 0 spiro atoms. The number of carbonyl (C=O) groups is 1. The second-order valence-corrected chi connectivity index (χ2v) is 3.57. The van der Waals surface area contributed by atoms with E-state index < -0.39 is 0 Å². The Kier molecular flexibility index (Phi) is 3.92. The van der Waals surface area contributed by atoms with E-state index >= 15 is 0 Å². The molecule has 0 bridgehead atoms. The molecule has 14 heavy (non-hydrogen) atoms. The zero-order chi connectivity index (χ0) is 10.6. The molecule has 0 saturated heterocycles. The van der Waals surface area contributed by atoms with Crippen molar-refractivity contribution in [2.75, 3.05) is 6.54 Å². The van der Waals surface area contributed by atoms with Crippen molar-refractivity contribution in [1.29, 1.82) is 0 Å². The molecule has 3 nitrogen and oxygen atoms in total. The first-order chi connectivity index (χ1) is 6.61. The summed E-state index contributed by atoms with van der Waals surface area (Å²) in [6.07, 6.45) is 0. The van der Waals surface area contributed by atoms with Gasteiger partial charge in [0, 0.05) is 12.6 Å². The Morgan fingerprint density at radius 1 is 1.57 bits per heavy atom. The molecule has 0 saturated carbocycles. The topological polar surface area (TPSA) is 55.1 Å². The number of halogens is 1. The zero-order valence-electron chi connectivity index (χ0n) is 7.96. The van der Waals surface area contributed by atoms with Crippen molar-refractivity contribution >= 4 is 17.5 Å². The molecule has 0 heterocycles. The number of nitrogens with one attached hydrogen (secondary N) is 1. The Bertz CT molecular complexity index is 326. The predicted molar refractivity (Wildman–Crippen MR) is 57.4 cm³/mol. The van der Waals surface area contributed by atoms with Gasteiger partial charge in [-0.1, -0.05) is 23.7 Å². The highest BCUT2D eigenvalue weighted by Gasteiger charge is 2.08. The van der Waals surface area contributed by atoms with E-state index in [1.807, 2.05) is 6.92 Å². The second-order valence-electron chi connectivity index (χ2n) is 3.17. The Balaban J connectivity index is 2.65. The molecule has 0 aliphatic rings. The van der Waals surface area contributed by atoms with Crippen LogP contribution in [0.15, 0.2) is 24.3 Å². The van der Waals surface area contributed by atoms with Gasteiger partial charge < -0.3 is 11.1 Å². The Hall–Kier alpha value is -1.06. The number of amides is 1. The lowest BCUT2D eigenvalue weighted by molar-refractivity contribution is 0.0952. The van der Waals surface area contributed by atoms with E-state index in [1.165, 1.54) is 0 Å². The van der Waals surface area contributed by atoms with Crippen LogP contribution < -0.4 is 11.1 Å². The van der Waals surface area contributed by atoms with Crippen LogP contribution in [-0.2, 0) is 0 Å². The Labute approximate surface area is 88.2 Å². The highest BCUT2D eigenvalue weighted by Crippen LogP contribution is 2.14. The smallest absolute Gasteiger partial charge is 0.252 e. The van der Waals surface area contributed by atoms with Crippen molar-refractivity contribution in [3.05, 3.63) is 34.9 Å². The third-order valence-electron chi connectivity index (χ3n) is 1.70. The SMILES string of the molecule is CC(N)CNC(=O)c1ccccc1Cl. The molecule has 0 aliphatic heterocycles. The number of rotatable bonds is 3. The summed E-state index contributed by atoms with van der Waals surface area (Å²) >= 11 is 5.84. The van der Waals surface area contributed by atoms with Gasteiger partial charge >= 0.3 is 0 Å². The molecule has 0 fully saturated rings. The third kappa shape index (κ3) is 3.01. The van der Waals surface area contributed by atoms with Crippen molar-refractivity contribution in [1.82, 2.24) is 5.32 Å². The van der Waals surface area contributed by atoms with E-state index in [1.54, 1.807) is 24.3 Å². The van der Waals surface area contributed by atoms with Crippen LogP contribution in [0.4, 0.5) is 0 Å². The van der Waals surface area contributed by atoms with Crippen molar-refractivity contribution in [3.63, 3.8) is 0 Å². The van der Waals surface area contributed by atoms with E-state index in [2.05, 4.69) is 5.32 Å². The first-order valence-electron chi connectivity index (χ1n) is 4.39. The lowest BCUT2D eigenvalue weighted by Crippen LogP contribution is -2.35. The molecule has 3 N–H and O–H groups in total. The van der Waals surface area contributed by atoms with Gasteiger partial charge in [-0.2, -0.15) is 0 Å². The minimum Gasteiger partial charge on any atom is -0.350 e. The average Bonchev–Trinajstić information content (AvgIpc) is 2.15. The molecule has 76 valence electrons. The summed E-state index contributed by atoms with van der Waals surface area (Å²) in [5.41, 5.74) is 5.99. The second kappa shape index (κ2) is 4.98. The zero-order valence-corrected chi connectivity index (χ0v) is 8.71. The van der Waals surface area contributed by atoms with E-state index in [-0.39, 0.29) is 11.9 Å². The maximum Gasteiger partial charge on any atom is 0.252 e. The molecular formula is C10H13ClN2O. The van der Waals surface area contributed by atoms with E-state index in [0.717, 1.165) is 0 Å². The predicted octanol–water partition coefficient (Wildman–Crippen LogP) is 1.42. The standard InChI is InChI=1S/C10H13ClN2O/c1-7(12)6-13-10(14)8-4-2-3-5-9(8)11/h2-5,7H,6,12H2,1H3,(H,13,14). The van der Waals surface area contributed by atoms with Crippen LogP contribution in [0.1, 0.15) is 17.3 Å². The molecule has 0 aliphatic carbocycles. The first-order valence-corrected chi connectivity index (χ1v) is 4.77. The third-order valence-corrected chi connectivity index (χ3v) is 2.03. The van der Waals surface area contributed by atoms with Crippen molar-refractivity contribution in [2.24, 2.45) is 5.73 Å². The van der Waals surface area contributed by atoms with Gasteiger partial charge in [0.1, 0.15) is 0 Å². The summed E-state index contributed by atoms with van der Waals surface area (Å²) in [6.45, 7) is 2.27. The quantitative estimate of drug-likeness (QED) is 0.796. The molecule has 1 amide bonds. The monoisotopic (exact) mass is 212 g/mol. The van der Waals surface area contributed by atoms with Gasteiger partial charge in [0.05, 0.1) is 10.6 Å². The summed E-state index contributed by atoms with van der Waals surface area (Å²) in [6, 6.07) is 6.86. The summed E-state index contributed by atoms with van der Waals surface area (Å²) in [7, 11) is 0. The highest BCUT2D eigenvalue weighted by molar-refractivity contribution is 6.33. The van der Waals surface area contributed by atoms with Gasteiger partial charge in [-0.3, -0.25) is 4.79 Å². The summed E-state index contributed by atoms with van der Waals surface area (Å²) < 4.78 is 0. The van der Waals surface area contributed by atoms with Crippen LogP contribution in [0.25, 0.3) is 0 Å². The fourth-order valence-electron chi connectivity index (χ4n) is 0.994. The molecule has 0 radical (unpaired) electrons. The summed E-state index contributed by atoms with van der Waals surface area (Å²) in [4.78, 5) is 11.5. The molecular weight excluding hydrogens is 200 g/mol. The van der Waals surface area contributed by atoms with Crippen LogP contribution in [0.3, 0.4) is 0 Å². The normalized spacial score (nSPS) is 12.2. The van der Waals surface area contributed by atoms with Crippen LogP contribution in [-0.4, -0.2) is 18.5 Å². The van der Waals surface area contributed by atoms with Crippen LogP contribution >= 0.6 is 11.6 Å². The minimum absolute atomic E-state index is 0.0542. The van der Waals surface area contributed by atoms with Crippen molar-refractivity contribution < 1.29 is 4.79 Å². The average molecular weight is 213 g/mol. The van der Waals surface area contributed by atoms with Crippen LogP contribution in [0, 0.1) is 0 Å². The van der Waals surface area contributed by atoms with E-state index in [0.29, 0.717) is 17.1 Å². The summed E-state index contributed by atoms with van der Waals surface area (Å²) in [5, 5.41) is 3.14. The summed E-state index contributed by atoms with van der Waals surface area (Å²) in [5.74, 6) is -0.187. The van der Waals surface area contributed by atoms with Crippen molar-refractivity contribution in [2.45, 2.75) is 13.0 Å². The maximum atomic E-state index is 11.5. The van der Waals surface area contributed by atoms with E-state index in [4.69, 9.17) is 17.3 Å². The lowest BCUT2D eigenvalue weighted by atomic mass is 10.2. The molecule has 0 aromatic heterocycles. The lowest BCUT2D eigenvalue weighted by Gasteiger charge is -2.08. The van der Waals surface area contributed by atoms with E-state index in [9.17, 15) is 4.79 Å². The number of carbonyl (C=O) groups excluding carboxylic acids is 1. The van der Waals surface area contributed by atoms with Gasteiger partial charge in [0.2, 0.25) is 0 Å². The Morgan fingerprint density at radius 2 is 2.21 bits per heavy atom. The van der Waals surface area contributed by atoms with Crippen molar-refractivity contribution in [3.8, 4) is 0 Å². The molecule has 1 aromatic rings. The van der Waals surface area contributed by atoms with Crippen LogP contribution in [0.2, 0.25) is 5.02 Å². The van der Waals surface area contributed by atoms with Gasteiger partial charge in [0.25, 0.3) is 5.91 Å². The van der Waals surface area contributed by atoms with Gasteiger partial charge in [-0.25, -0.2) is 0 Å². The minimum atomic E-state index is -0.187. The Morgan fingerprint density at radius 3 is 2.79 bits per heavy atom. The maximum absolute atomic E-state index is 11.5. The van der Waals surface area contributed by atoms with Crippen LogP contribution in [0.5, 0.6) is 0 Å².